The maximum absolute atomic E-state index is 4.15. The molecule has 13 heavy (non-hydrogen) atoms. The molecule has 0 saturated carbocycles. The van der Waals surface area contributed by atoms with Gasteiger partial charge in [0.15, 0.2) is 0 Å². The van der Waals surface area contributed by atoms with Crippen molar-refractivity contribution in [2.24, 2.45) is 5.92 Å². The van der Waals surface area contributed by atoms with Crippen LogP contribution in [0.25, 0.3) is 0 Å². The summed E-state index contributed by atoms with van der Waals surface area (Å²) >= 11 is 5.21. The molecule has 1 unspecified atom stereocenters. The van der Waals surface area contributed by atoms with Gasteiger partial charge in [-0.15, -0.1) is 10.2 Å². The van der Waals surface area contributed by atoms with Gasteiger partial charge in [0.1, 0.15) is 5.01 Å². The van der Waals surface area contributed by atoms with Crippen molar-refractivity contribution in [2.45, 2.75) is 13.3 Å². The van der Waals surface area contributed by atoms with Crippen LogP contribution >= 0.6 is 27.3 Å². The third-order valence-corrected chi connectivity index (χ3v) is 4.11. The molecule has 5 heteroatoms. The summed E-state index contributed by atoms with van der Waals surface area (Å²) in [6.45, 7) is 4.25. The third kappa shape index (κ3) is 2.02. The summed E-state index contributed by atoms with van der Waals surface area (Å²) < 4.78 is 0. The van der Waals surface area contributed by atoms with Crippen LogP contribution in [0.3, 0.4) is 0 Å². The van der Waals surface area contributed by atoms with Gasteiger partial charge >= 0.3 is 0 Å². The van der Waals surface area contributed by atoms with E-state index in [-0.39, 0.29) is 0 Å². The van der Waals surface area contributed by atoms with Crippen molar-refractivity contribution < 1.29 is 0 Å². The molecular weight excluding hydrogens is 250 g/mol. The van der Waals surface area contributed by atoms with Crippen molar-refractivity contribution in [1.82, 2.24) is 10.2 Å². The molecule has 0 bridgehead atoms. The lowest BCUT2D eigenvalue weighted by Crippen LogP contribution is -2.19. The highest BCUT2D eigenvalue weighted by Crippen LogP contribution is 2.26. The van der Waals surface area contributed by atoms with Crippen LogP contribution in [0.15, 0.2) is 0 Å². The molecule has 1 aromatic rings. The third-order valence-electron chi connectivity index (χ3n) is 2.29. The van der Waals surface area contributed by atoms with Crippen molar-refractivity contribution in [1.29, 1.82) is 0 Å². The van der Waals surface area contributed by atoms with Gasteiger partial charge in [0.2, 0.25) is 5.13 Å². The molecule has 0 radical (unpaired) electrons. The second kappa shape index (κ2) is 3.92. The van der Waals surface area contributed by atoms with Crippen molar-refractivity contribution in [2.75, 3.05) is 23.3 Å². The zero-order valence-electron chi connectivity index (χ0n) is 7.53. The average molecular weight is 262 g/mol. The van der Waals surface area contributed by atoms with Gasteiger partial charge in [0.05, 0.1) is 0 Å². The van der Waals surface area contributed by atoms with E-state index >= 15 is 0 Å². The summed E-state index contributed by atoms with van der Waals surface area (Å²) in [7, 11) is 0. The molecule has 3 nitrogen and oxygen atoms in total. The largest absolute Gasteiger partial charge is 0.346 e. The van der Waals surface area contributed by atoms with Crippen LogP contribution in [-0.2, 0) is 0 Å². The van der Waals surface area contributed by atoms with Gasteiger partial charge in [-0.3, -0.25) is 0 Å². The summed E-state index contributed by atoms with van der Waals surface area (Å²) in [5, 5.41) is 11.4. The van der Waals surface area contributed by atoms with Crippen LogP contribution in [0.5, 0.6) is 0 Å². The minimum Gasteiger partial charge on any atom is -0.346 e. The van der Waals surface area contributed by atoms with E-state index in [9.17, 15) is 0 Å². The lowest BCUT2D eigenvalue weighted by molar-refractivity contribution is 0.675. The Labute approximate surface area is 90.3 Å². The Balaban J connectivity index is 2.03. The van der Waals surface area contributed by atoms with E-state index < -0.39 is 0 Å². The molecule has 1 aromatic heterocycles. The van der Waals surface area contributed by atoms with Gasteiger partial charge in [-0.25, -0.2) is 0 Å². The molecular formula is C8H12BrN3S. The zero-order chi connectivity index (χ0) is 9.26. The number of aromatic nitrogens is 2. The number of aryl methyl sites for hydroxylation is 1. The van der Waals surface area contributed by atoms with Crippen molar-refractivity contribution in [3.63, 3.8) is 0 Å². The summed E-state index contributed by atoms with van der Waals surface area (Å²) in [5.41, 5.74) is 0. The molecule has 1 fully saturated rings. The van der Waals surface area contributed by atoms with E-state index in [1.807, 2.05) is 6.92 Å². The predicted molar refractivity (Wildman–Crippen MR) is 58.8 cm³/mol. The second-order valence-corrected chi connectivity index (χ2v) is 5.17. The number of halogens is 1. The van der Waals surface area contributed by atoms with Crippen molar-refractivity contribution in [3.05, 3.63) is 5.01 Å². The Kier molecular flexibility index (Phi) is 2.83. The molecule has 2 heterocycles. The summed E-state index contributed by atoms with van der Waals surface area (Å²) in [6.07, 6.45) is 1.27. The van der Waals surface area contributed by atoms with Crippen LogP contribution in [0, 0.1) is 12.8 Å². The Morgan fingerprint density at radius 2 is 2.46 bits per heavy atom. The molecule has 1 aliphatic heterocycles. The summed E-state index contributed by atoms with van der Waals surface area (Å²) in [4.78, 5) is 2.33. The topological polar surface area (TPSA) is 29.0 Å². The summed E-state index contributed by atoms with van der Waals surface area (Å²) in [5.74, 6) is 0.782. The molecule has 1 atom stereocenters. The number of rotatable bonds is 2. The number of anilines is 1. The van der Waals surface area contributed by atoms with Gasteiger partial charge < -0.3 is 4.90 Å². The Morgan fingerprint density at radius 3 is 3.00 bits per heavy atom. The van der Waals surface area contributed by atoms with E-state index in [1.165, 1.54) is 6.42 Å². The normalized spacial score (nSPS) is 22.6. The number of nitrogens with zero attached hydrogens (tertiary/aromatic N) is 3. The quantitative estimate of drug-likeness (QED) is 0.764. The predicted octanol–water partition coefficient (Wildman–Crippen LogP) is 2.07. The van der Waals surface area contributed by atoms with Gasteiger partial charge in [-0.1, -0.05) is 27.3 Å². The molecule has 0 spiro atoms. The minimum atomic E-state index is 0.782. The van der Waals surface area contributed by atoms with Crippen LogP contribution in [0.4, 0.5) is 5.13 Å². The van der Waals surface area contributed by atoms with Gasteiger partial charge in [-0.2, -0.15) is 0 Å². The SMILES string of the molecule is Cc1nnc(N2CCC(CBr)C2)s1. The smallest absolute Gasteiger partial charge is 0.208 e. The highest BCUT2D eigenvalue weighted by molar-refractivity contribution is 9.09. The van der Waals surface area contributed by atoms with E-state index in [0.717, 1.165) is 34.5 Å². The molecule has 72 valence electrons. The highest BCUT2D eigenvalue weighted by Gasteiger charge is 2.23. The van der Waals surface area contributed by atoms with E-state index in [0.29, 0.717) is 0 Å². The van der Waals surface area contributed by atoms with E-state index in [1.54, 1.807) is 11.3 Å². The standard InChI is InChI=1S/C8H12BrN3S/c1-6-10-11-8(13-6)12-3-2-7(4-9)5-12/h7H,2-5H2,1H3. The van der Waals surface area contributed by atoms with Gasteiger partial charge in [0.25, 0.3) is 0 Å². The first-order valence-electron chi connectivity index (χ1n) is 4.40. The number of hydrogen-bond acceptors (Lipinski definition) is 4. The molecule has 1 saturated heterocycles. The van der Waals surface area contributed by atoms with E-state index in [4.69, 9.17) is 0 Å². The minimum absolute atomic E-state index is 0.782. The second-order valence-electron chi connectivity index (χ2n) is 3.36. The van der Waals surface area contributed by atoms with Crippen molar-refractivity contribution >= 4 is 32.4 Å². The number of alkyl halides is 1. The molecule has 1 aliphatic rings. The van der Waals surface area contributed by atoms with Crippen molar-refractivity contribution in [3.8, 4) is 0 Å². The highest BCUT2D eigenvalue weighted by atomic mass is 79.9. The zero-order valence-corrected chi connectivity index (χ0v) is 9.94. The fourth-order valence-corrected chi connectivity index (χ4v) is 2.80. The fraction of sp³-hybridized carbons (Fsp3) is 0.750. The van der Waals surface area contributed by atoms with Gasteiger partial charge in [0, 0.05) is 18.4 Å². The Bertz CT molecular complexity index is 289. The monoisotopic (exact) mass is 261 g/mol. The van der Waals surface area contributed by atoms with Crippen LogP contribution in [0.1, 0.15) is 11.4 Å². The lowest BCUT2D eigenvalue weighted by Gasteiger charge is -2.12. The first kappa shape index (κ1) is 9.40. The molecule has 0 amide bonds. The molecule has 0 N–H and O–H groups in total. The van der Waals surface area contributed by atoms with Crippen LogP contribution < -0.4 is 4.90 Å². The lowest BCUT2D eigenvalue weighted by atomic mass is 10.2. The summed E-state index contributed by atoms with van der Waals surface area (Å²) in [6, 6.07) is 0. The molecule has 0 aromatic carbocycles. The first-order chi connectivity index (χ1) is 6.29. The maximum Gasteiger partial charge on any atom is 0.208 e. The Hall–Kier alpha value is -0.160. The maximum atomic E-state index is 4.15. The first-order valence-corrected chi connectivity index (χ1v) is 6.34. The fourth-order valence-electron chi connectivity index (χ4n) is 1.55. The Morgan fingerprint density at radius 1 is 1.62 bits per heavy atom. The van der Waals surface area contributed by atoms with E-state index in [2.05, 4.69) is 31.0 Å². The number of hydrogen-bond donors (Lipinski definition) is 0. The van der Waals surface area contributed by atoms with Crippen LogP contribution in [-0.4, -0.2) is 28.6 Å². The van der Waals surface area contributed by atoms with Gasteiger partial charge in [-0.05, 0) is 19.3 Å². The molecule has 2 rings (SSSR count). The average Bonchev–Trinajstić information content (AvgIpc) is 2.71. The van der Waals surface area contributed by atoms with Crippen LogP contribution in [0.2, 0.25) is 0 Å². The molecule has 0 aliphatic carbocycles.